The Hall–Kier alpha value is -1.43. The Morgan fingerprint density at radius 2 is 2.00 bits per heavy atom. The molecule has 0 saturated carbocycles. The number of amides is 1. The molecule has 1 aromatic carbocycles. The fourth-order valence-corrected chi connectivity index (χ4v) is 2.61. The molecule has 0 spiro atoms. The number of nitrogens with zero attached hydrogens (tertiary/aromatic N) is 2. The minimum atomic E-state index is -0.434. The van der Waals surface area contributed by atoms with Crippen molar-refractivity contribution in [2.24, 2.45) is 0 Å². The van der Waals surface area contributed by atoms with E-state index in [1.807, 2.05) is 13.8 Å². The molecule has 1 atom stereocenters. The van der Waals surface area contributed by atoms with Crippen LogP contribution >= 0.6 is 15.9 Å². The maximum atomic E-state index is 11.8. The highest BCUT2D eigenvalue weighted by atomic mass is 79.9. The van der Waals surface area contributed by atoms with Crippen LogP contribution in [0.2, 0.25) is 0 Å². The number of carbonyl (C=O) groups excluding carboxylic acids is 1. The molecule has 18 heavy (non-hydrogen) atoms. The van der Waals surface area contributed by atoms with Crippen LogP contribution in [0.3, 0.4) is 0 Å². The maximum Gasteiger partial charge on any atom is 0.293 e. The van der Waals surface area contributed by atoms with E-state index >= 15 is 0 Å². The summed E-state index contributed by atoms with van der Waals surface area (Å²) in [6.07, 6.45) is 0.379. The third kappa shape index (κ3) is 2.25. The van der Waals surface area contributed by atoms with Crippen LogP contribution in [0.1, 0.15) is 17.5 Å². The fourth-order valence-electron chi connectivity index (χ4n) is 2.04. The zero-order chi connectivity index (χ0) is 13.4. The van der Waals surface area contributed by atoms with Crippen molar-refractivity contribution < 1.29 is 9.72 Å². The summed E-state index contributed by atoms with van der Waals surface area (Å²) in [5.41, 5.74) is 2.19. The van der Waals surface area contributed by atoms with Gasteiger partial charge in [-0.2, -0.15) is 0 Å². The highest BCUT2D eigenvalue weighted by molar-refractivity contribution is 9.09. The van der Waals surface area contributed by atoms with Gasteiger partial charge in [0.05, 0.1) is 4.92 Å². The lowest BCUT2D eigenvalue weighted by molar-refractivity contribution is -0.384. The molecule has 1 aromatic rings. The second-order valence-corrected chi connectivity index (χ2v) is 5.78. The molecule has 0 aromatic heterocycles. The zero-order valence-electron chi connectivity index (χ0n) is 10.1. The first-order chi connectivity index (χ1) is 8.40. The quantitative estimate of drug-likeness (QED) is 0.479. The molecule has 1 aliphatic heterocycles. The number of alkyl halides is 1. The first-order valence-corrected chi connectivity index (χ1v) is 6.51. The number of benzene rings is 1. The third-order valence-electron chi connectivity index (χ3n) is 3.16. The van der Waals surface area contributed by atoms with Crippen molar-refractivity contribution >= 4 is 33.2 Å². The van der Waals surface area contributed by atoms with Gasteiger partial charge in [-0.1, -0.05) is 15.9 Å². The predicted octanol–water partition coefficient (Wildman–Crippen LogP) is 2.71. The summed E-state index contributed by atoms with van der Waals surface area (Å²) in [7, 11) is 0. The van der Waals surface area contributed by atoms with Crippen LogP contribution < -0.4 is 4.90 Å². The number of hydrogen-bond acceptors (Lipinski definition) is 3. The standard InChI is InChI=1S/C12H13BrN2O3/c1-7-3-10(11(15(17)18)4-8(7)2)14-6-9(13)5-12(14)16/h3-4,9H,5-6H2,1-2H3. The van der Waals surface area contributed by atoms with Gasteiger partial charge in [0.25, 0.3) is 5.69 Å². The van der Waals surface area contributed by atoms with Crippen molar-refractivity contribution in [3.63, 3.8) is 0 Å². The topological polar surface area (TPSA) is 63.5 Å². The van der Waals surface area contributed by atoms with Crippen LogP contribution in [-0.2, 0) is 4.79 Å². The summed E-state index contributed by atoms with van der Waals surface area (Å²) in [6, 6.07) is 3.25. The molecule has 6 heteroatoms. The van der Waals surface area contributed by atoms with Crippen LogP contribution in [-0.4, -0.2) is 22.2 Å². The first-order valence-electron chi connectivity index (χ1n) is 5.60. The molecule has 1 fully saturated rings. The Kier molecular flexibility index (Phi) is 3.38. The van der Waals surface area contributed by atoms with Crippen molar-refractivity contribution in [3.8, 4) is 0 Å². The highest BCUT2D eigenvalue weighted by Crippen LogP contribution is 2.34. The maximum absolute atomic E-state index is 11.8. The van der Waals surface area contributed by atoms with Gasteiger partial charge in [0, 0.05) is 23.9 Å². The van der Waals surface area contributed by atoms with Gasteiger partial charge in [0.15, 0.2) is 0 Å². The van der Waals surface area contributed by atoms with Crippen LogP contribution in [0.4, 0.5) is 11.4 Å². The van der Waals surface area contributed by atoms with E-state index in [0.717, 1.165) is 11.1 Å². The molecule has 5 nitrogen and oxygen atoms in total. The Labute approximate surface area is 113 Å². The van der Waals surface area contributed by atoms with E-state index in [1.165, 1.54) is 11.0 Å². The number of aryl methyl sites for hydroxylation is 2. The fraction of sp³-hybridized carbons (Fsp3) is 0.417. The summed E-state index contributed by atoms with van der Waals surface area (Å²) in [5.74, 6) is -0.0803. The lowest BCUT2D eigenvalue weighted by Gasteiger charge is -2.17. The largest absolute Gasteiger partial charge is 0.305 e. The van der Waals surface area contributed by atoms with Crippen LogP contribution in [0.15, 0.2) is 12.1 Å². The van der Waals surface area contributed by atoms with Crippen LogP contribution in [0.25, 0.3) is 0 Å². The molecule has 1 aliphatic rings. The monoisotopic (exact) mass is 312 g/mol. The Morgan fingerprint density at radius 1 is 1.39 bits per heavy atom. The number of hydrogen-bond donors (Lipinski definition) is 0. The van der Waals surface area contributed by atoms with E-state index in [0.29, 0.717) is 18.7 Å². The van der Waals surface area contributed by atoms with Crippen molar-refractivity contribution in [1.82, 2.24) is 0 Å². The summed E-state index contributed by atoms with van der Waals surface area (Å²) in [4.78, 5) is 24.0. The number of nitro groups is 1. The van der Waals surface area contributed by atoms with E-state index in [9.17, 15) is 14.9 Å². The summed E-state index contributed by atoms with van der Waals surface area (Å²) in [5, 5.41) is 11.1. The molecule has 1 saturated heterocycles. The lowest BCUT2D eigenvalue weighted by atomic mass is 10.1. The SMILES string of the molecule is Cc1cc(N2CC(Br)CC2=O)c([N+](=O)[O-])cc1C. The van der Waals surface area contributed by atoms with Gasteiger partial charge in [0.2, 0.25) is 5.91 Å². The van der Waals surface area contributed by atoms with Crippen molar-refractivity contribution in [1.29, 1.82) is 0 Å². The Balaban J connectivity index is 2.52. The van der Waals surface area contributed by atoms with Crippen molar-refractivity contribution in [2.45, 2.75) is 25.1 Å². The normalized spacial score (nSPS) is 19.4. The van der Waals surface area contributed by atoms with Gasteiger partial charge >= 0.3 is 0 Å². The van der Waals surface area contributed by atoms with Gasteiger partial charge in [-0.15, -0.1) is 0 Å². The van der Waals surface area contributed by atoms with E-state index in [4.69, 9.17) is 0 Å². The third-order valence-corrected chi connectivity index (χ3v) is 3.77. The van der Waals surface area contributed by atoms with Gasteiger partial charge in [-0.3, -0.25) is 14.9 Å². The molecule has 0 N–H and O–H groups in total. The Bertz CT molecular complexity index is 530. The predicted molar refractivity (Wildman–Crippen MR) is 72.3 cm³/mol. The lowest BCUT2D eigenvalue weighted by Crippen LogP contribution is -2.25. The number of rotatable bonds is 2. The molecule has 0 radical (unpaired) electrons. The van der Waals surface area contributed by atoms with Crippen molar-refractivity contribution in [3.05, 3.63) is 33.4 Å². The molecule has 0 aliphatic carbocycles. The van der Waals surface area contributed by atoms with E-state index in [2.05, 4.69) is 15.9 Å². The molecular weight excluding hydrogens is 300 g/mol. The summed E-state index contributed by atoms with van der Waals surface area (Å²) in [6.45, 7) is 4.18. The van der Waals surface area contributed by atoms with E-state index < -0.39 is 4.92 Å². The highest BCUT2D eigenvalue weighted by Gasteiger charge is 2.33. The van der Waals surface area contributed by atoms with Gasteiger partial charge in [0.1, 0.15) is 5.69 Å². The van der Waals surface area contributed by atoms with E-state index in [-0.39, 0.29) is 16.4 Å². The molecule has 2 rings (SSSR count). The molecule has 1 amide bonds. The second kappa shape index (κ2) is 4.68. The smallest absolute Gasteiger partial charge is 0.293 e. The molecule has 96 valence electrons. The second-order valence-electron chi connectivity index (χ2n) is 4.49. The van der Waals surface area contributed by atoms with Gasteiger partial charge < -0.3 is 4.90 Å². The molecule has 0 bridgehead atoms. The average Bonchev–Trinajstić information content (AvgIpc) is 2.61. The van der Waals surface area contributed by atoms with Gasteiger partial charge in [-0.05, 0) is 31.0 Å². The number of halogens is 1. The zero-order valence-corrected chi connectivity index (χ0v) is 11.7. The first kappa shape index (κ1) is 13.0. The average molecular weight is 313 g/mol. The number of nitro benzene ring substituents is 1. The van der Waals surface area contributed by atoms with Crippen LogP contribution in [0.5, 0.6) is 0 Å². The molecule has 1 heterocycles. The summed E-state index contributed by atoms with van der Waals surface area (Å²) < 4.78 is 0. The molecular formula is C12H13BrN2O3. The number of carbonyl (C=O) groups is 1. The van der Waals surface area contributed by atoms with Crippen LogP contribution in [0, 0.1) is 24.0 Å². The van der Waals surface area contributed by atoms with E-state index in [1.54, 1.807) is 6.07 Å². The molecule has 1 unspecified atom stereocenters. The minimum Gasteiger partial charge on any atom is -0.305 e. The van der Waals surface area contributed by atoms with Crippen molar-refractivity contribution in [2.75, 3.05) is 11.4 Å². The minimum absolute atomic E-state index is 0.00644. The Morgan fingerprint density at radius 3 is 2.50 bits per heavy atom. The summed E-state index contributed by atoms with van der Waals surface area (Å²) >= 11 is 3.38. The van der Waals surface area contributed by atoms with Gasteiger partial charge in [-0.25, -0.2) is 0 Å². The number of anilines is 1.